The average molecular weight is 302 g/mol. The predicted molar refractivity (Wildman–Crippen MR) is 84.5 cm³/mol. The van der Waals surface area contributed by atoms with Gasteiger partial charge in [-0.3, -0.25) is 9.79 Å². The Kier molecular flexibility index (Phi) is 10.6. The Morgan fingerprint density at radius 2 is 1.90 bits per heavy atom. The molecular weight excluding hydrogens is 272 g/mol. The second kappa shape index (κ2) is 11.3. The number of carbonyl (C=O) groups is 1. The second-order valence-corrected chi connectivity index (χ2v) is 5.27. The molecule has 0 atom stereocenters. The van der Waals surface area contributed by atoms with Crippen molar-refractivity contribution in [2.24, 2.45) is 10.4 Å². The molecule has 0 aromatic carbocycles. The Morgan fingerprint density at radius 1 is 1.19 bits per heavy atom. The van der Waals surface area contributed by atoms with E-state index in [2.05, 4.69) is 20.9 Å². The number of aliphatic imine (C=N–C) groups is 1. The summed E-state index contributed by atoms with van der Waals surface area (Å²) in [4.78, 5) is 15.8. The topological polar surface area (TPSA) is 84.0 Å². The molecule has 0 bridgehead atoms. The summed E-state index contributed by atoms with van der Waals surface area (Å²) in [5.74, 6) is 0.681. The average Bonchev–Trinajstić information content (AvgIpc) is 2.48. The molecule has 0 saturated heterocycles. The number of hydrogen-bond acceptors (Lipinski definition) is 4. The van der Waals surface area contributed by atoms with Gasteiger partial charge in [-0.15, -0.1) is 0 Å². The smallest absolute Gasteiger partial charge is 0.227 e. The molecule has 0 aromatic rings. The Hall–Kier alpha value is -1.34. The van der Waals surface area contributed by atoms with Gasteiger partial charge in [-0.2, -0.15) is 0 Å². The predicted octanol–water partition coefficient (Wildman–Crippen LogP) is -0.0233. The van der Waals surface area contributed by atoms with Gasteiger partial charge in [-0.05, 0) is 20.3 Å². The molecule has 7 nitrogen and oxygen atoms in total. The number of carbonyl (C=O) groups excluding carboxylic acids is 1. The third kappa shape index (κ3) is 9.25. The normalized spacial score (nSPS) is 12.1. The summed E-state index contributed by atoms with van der Waals surface area (Å²) in [6, 6.07) is 0. The number of nitrogens with one attached hydrogen (secondary N) is 3. The van der Waals surface area contributed by atoms with E-state index in [0.29, 0.717) is 32.3 Å². The Morgan fingerprint density at radius 3 is 2.48 bits per heavy atom. The fraction of sp³-hybridized carbons (Fsp3) is 0.857. The molecular formula is C14H30N4O3. The van der Waals surface area contributed by atoms with Gasteiger partial charge in [-0.1, -0.05) is 0 Å². The van der Waals surface area contributed by atoms with E-state index in [1.807, 2.05) is 13.8 Å². The van der Waals surface area contributed by atoms with E-state index in [9.17, 15) is 4.79 Å². The molecule has 0 fully saturated rings. The van der Waals surface area contributed by atoms with Crippen LogP contribution in [-0.2, 0) is 14.3 Å². The zero-order chi connectivity index (χ0) is 16.1. The number of methoxy groups -OCH3 is 1. The van der Waals surface area contributed by atoms with Crippen molar-refractivity contribution in [2.75, 3.05) is 54.1 Å². The van der Waals surface area contributed by atoms with Gasteiger partial charge in [0.15, 0.2) is 5.96 Å². The van der Waals surface area contributed by atoms with Gasteiger partial charge in [0.1, 0.15) is 0 Å². The van der Waals surface area contributed by atoms with Crippen molar-refractivity contribution >= 4 is 11.9 Å². The van der Waals surface area contributed by atoms with E-state index in [1.165, 1.54) is 0 Å². The van der Waals surface area contributed by atoms with Crippen LogP contribution in [-0.4, -0.2) is 66.0 Å². The van der Waals surface area contributed by atoms with Crippen molar-refractivity contribution < 1.29 is 14.3 Å². The van der Waals surface area contributed by atoms with Crippen LogP contribution in [0.15, 0.2) is 4.99 Å². The third-order valence-corrected chi connectivity index (χ3v) is 2.95. The maximum Gasteiger partial charge on any atom is 0.227 e. The lowest BCUT2D eigenvalue weighted by atomic mass is 9.92. The van der Waals surface area contributed by atoms with Crippen LogP contribution >= 0.6 is 0 Å². The molecule has 0 aliphatic heterocycles. The minimum Gasteiger partial charge on any atom is -0.382 e. The Balaban J connectivity index is 3.85. The number of amides is 1. The molecule has 0 spiro atoms. The first kappa shape index (κ1) is 19.7. The highest BCUT2D eigenvalue weighted by Gasteiger charge is 2.26. The summed E-state index contributed by atoms with van der Waals surface area (Å²) >= 11 is 0. The van der Waals surface area contributed by atoms with Gasteiger partial charge in [0, 0.05) is 40.9 Å². The van der Waals surface area contributed by atoms with E-state index < -0.39 is 5.41 Å². The Bertz CT molecular complexity index is 319. The Labute approximate surface area is 127 Å². The molecule has 0 aliphatic rings. The van der Waals surface area contributed by atoms with Crippen LogP contribution in [0.5, 0.6) is 0 Å². The summed E-state index contributed by atoms with van der Waals surface area (Å²) in [6.45, 7) is 6.95. The molecule has 0 unspecified atom stereocenters. The number of hydrogen-bond donors (Lipinski definition) is 3. The number of ether oxygens (including phenoxy) is 2. The van der Waals surface area contributed by atoms with Crippen LogP contribution in [0, 0.1) is 5.41 Å². The maximum absolute atomic E-state index is 11.7. The first-order valence-electron chi connectivity index (χ1n) is 7.21. The lowest BCUT2D eigenvalue weighted by Gasteiger charge is -2.24. The lowest BCUT2D eigenvalue weighted by Crippen LogP contribution is -2.47. The lowest BCUT2D eigenvalue weighted by molar-refractivity contribution is -0.128. The summed E-state index contributed by atoms with van der Waals surface area (Å²) < 4.78 is 10.3. The molecule has 0 aliphatic carbocycles. The van der Waals surface area contributed by atoms with Crippen molar-refractivity contribution in [3.63, 3.8) is 0 Å². The number of guanidine groups is 1. The summed E-state index contributed by atoms with van der Waals surface area (Å²) in [5.41, 5.74) is -0.490. The molecule has 7 heteroatoms. The molecule has 0 rings (SSSR count). The highest BCUT2D eigenvalue weighted by atomic mass is 16.5. The SMILES string of the molecule is CN=C(NCCCOCCOC)NCC(C)(C)C(=O)NC. The molecule has 0 saturated carbocycles. The first-order chi connectivity index (χ1) is 9.97. The zero-order valence-electron chi connectivity index (χ0n) is 13.9. The van der Waals surface area contributed by atoms with Gasteiger partial charge in [0.25, 0.3) is 0 Å². The van der Waals surface area contributed by atoms with Gasteiger partial charge in [0.2, 0.25) is 5.91 Å². The molecule has 0 aromatic heterocycles. The van der Waals surface area contributed by atoms with Crippen LogP contribution in [0.4, 0.5) is 0 Å². The van der Waals surface area contributed by atoms with Crippen molar-refractivity contribution in [3.05, 3.63) is 0 Å². The molecule has 0 heterocycles. The van der Waals surface area contributed by atoms with Gasteiger partial charge < -0.3 is 25.4 Å². The molecule has 0 radical (unpaired) electrons. The minimum absolute atomic E-state index is 0.00278. The van der Waals surface area contributed by atoms with E-state index >= 15 is 0 Å². The quantitative estimate of drug-likeness (QED) is 0.300. The van der Waals surface area contributed by atoms with Crippen LogP contribution in [0.25, 0.3) is 0 Å². The van der Waals surface area contributed by atoms with Crippen LogP contribution < -0.4 is 16.0 Å². The zero-order valence-corrected chi connectivity index (χ0v) is 13.9. The number of rotatable bonds is 10. The summed E-state index contributed by atoms with van der Waals surface area (Å²) in [5, 5.41) is 9.00. The minimum atomic E-state index is -0.490. The molecule has 21 heavy (non-hydrogen) atoms. The van der Waals surface area contributed by atoms with E-state index in [-0.39, 0.29) is 5.91 Å². The van der Waals surface area contributed by atoms with Crippen molar-refractivity contribution in [1.29, 1.82) is 0 Å². The van der Waals surface area contributed by atoms with Gasteiger partial charge in [-0.25, -0.2) is 0 Å². The van der Waals surface area contributed by atoms with Crippen molar-refractivity contribution in [3.8, 4) is 0 Å². The highest BCUT2D eigenvalue weighted by Crippen LogP contribution is 2.12. The van der Waals surface area contributed by atoms with Gasteiger partial charge in [0.05, 0.1) is 18.6 Å². The fourth-order valence-electron chi connectivity index (χ4n) is 1.57. The van der Waals surface area contributed by atoms with E-state index in [1.54, 1.807) is 21.2 Å². The molecule has 3 N–H and O–H groups in total. The second-order valence-electron chi connectivity index (χ2n) is 5.27. The summed E-state index contributed by atoms with van der Waals surface area (Å²) in [6.07, 6.45) is 0.878. The first-order valence-corrected chi connectivity index (χ1v) is 7.21. The van der Waals surface area contributed by atoms with E-state index in [4.69, 9.17) is 9.47 Å². The molecule has 1 amide bonds. The van der Waals surface area contributed by atoms with Crippen LogP contribution in [0.2, 0.25) is 0 Å². The van der Waals surface area contributed by atoms with E-state index in [0.717, 1.165) is 13.0 Å². The monoisotopic (exact) mass is 302 g/mol. The van der Waals surface area contributed by atoms with Crippen molar-refractivity contribution in [1.82, 2.24) is 16.0 Å². The summed E-state index contributed by atoms with van der Waals surface area (Å²) in [7, 11) is 5.00. The number of nitrogens with zero attached hydrogens (tertiary/aromatic N) is 1. The van der Waals surface area contributed by atoms with Gasteiger partial charge >= 0.3 is 0 Å². The largest absolute Gasteiger partial charge is 0.382 e. The van der Waals surface area contributed by atoms with Crippen molar-refractivity contribution in [2.45, 2.75) is 20.3 Å². The highest BCUT2D eigenvalue weighted by molar-refractivity contribution is 5.84. The van der Waals surface area contributed by atoms with Crippen LogP contribution in [0.1, 0.15) is 20.3 Å². The third-order valence-electron chi connectivity index (χ3n) is 2.95. The fourth-order valence-corrected chi connectivity index (χ4v) is 1.57. The maximum atomic E-state index is 11.7. The van der Waals surface area contributed by atoms with Crippen LogP contribution in [0.3, 0.4) is 0 Å². The molecule has 124 valence electrons. The standard InChI is InChI=1S/C14H30N4O3/c1-14(2,12(19)15-3)11-18-13(16-4)17-7-6-8-21-10-9-20-5/h6-11H2,1-5H3,(H,15,19)(H2,16,17,18).